The lowest BCUT2D eigenvalue weighted by atomic mass is 10.1. The molecular weight excluding hydrogens is 266 g/mol. The SMILES string of the molecule is CNC(C)c1ccc(NC(=O)N2CC3CCC(C2)O3)cc1. The molecule has 1 aromatic carbocycles. The largest absolute Gasteiger partial charge is 0.371 e. The van der Waals surface area contributed by atoms with Crippen LogP contribution in [0.3, 0.4) is 0 Å². The molecule has 3 unspecified atom stereocenters. The van der Waals surface area contributed by atoms with Gasteiger partial charge in [-0.15, -0.1) is 0 Å². The third-order valence-corrected chi connectivity index (χ3v) is 4.43. The zero-order chi connectivity index (χ0) is 14.8. The van der Waals surface area contributed by atoms with Gasteiger partial charge in [0.05, 0.1) is 12.2 Å². The number of fused-ring (bicyclic) bond motifs is 2. The molecule has 114 valence electrons. The Balaban J connectivity index is 1.59. The topological polar surface area (TPSA) is 53.6 Å². The summed E-state index contributed by atoms with van der Waals surface area (Å²) in [5, 5.41) is 6.18. The van der Waals surface area contributed by atoms with Crippen LogP contribution in [0.4, 0.5) is 10.5 Å². The summed E-state index contributed by atoms with van der Waals surface area (Å²) in [6, 6.07) is 8.28. The first-order valence-electron chi connectivity index (χ1n) is 7.64. The first kappa shape index (κ1) is 14.4. The molecular formula is C16H23N3O2. The maximum absolute atomic E-state index is 12.3. The Morgan fingerprint density at radius 1 is 1.24 bits per heavy atom. The molecule has 3 atom stereocenters. The van der Waals surface area contributed by atoms with Crippen molar-refractivity contribution in [3.8, 4) is 0 Å². The second-order valence-electron chi connectivity index (χ2n) is 5.92. The summed E-state index contributed by atoms with van der Waals surface area (Å²) >= 11 is 0. The Hall–Kier alpha value is -1.59. The molecule has 0 aliphatic carbocycles. The zero-order valence-electron chi connectivity index (χ0n) is 12.6. The molecule has 2 heterocycles. The van der Waals surface area contributed by atoms with Gasteiger partial charge in [-0.25, -0.2) is 4.79 Å². The number of carbonyl (C=O) groups is 1. The zero-order valence-corrected chi connectivity index (χ0v) is 12.6. The van der Waals surface area contributed by atoms with E-state index in [9.17, 15) is 4.79 Å². The van der Waals surface area contributed by atoms with Crippen molar-refractivity contribution in [3.05, 3.63) is 29.8 Å². The maximum atomic E-state index is 12.3. The molecule has 0 aromatic heterocycles. The van der Waals surface area contributed by atoms with E-state index in [1.54, 1.807) is 0 Å². The number of urea groups is 1. The highest BCUT2D eigenvalue weighted by molar-refractivity contribution is 5.89. The first-order chi connectivity index (χ1) is 10.2. The number of benzene rings is 1. The molecule has 2 aliphatic heterocycles. The van der Waals surface area contributed by atoms with Crippen molar-refractivity contribution in [2.24, 2.45) is 0 Å². The van der Waals surface area contributed by atoms with Crippen LogP contribution in [0.25, 0.3) is 0 Å². The van der Waals surface area contributed by atoms with E-state index in [0.717, 1.165) is 18.5 Å². The predicted octanol–water partition coefficient (Wildman–Crippen LogP) is 2.36. The highest BCUT2D eigenvalue weighted by Crippen LogP contribution is 2.26. The molecule has 2 bridgehead atoms. The molecule has 0 spiro atoms. The number of nitrogens with zero attached hydrogens (tertiary/aromatic N) is 1. The number of likely N-dealkylation sites (tertiary alicyclic amines) is 1. The van der Waals surface area contributed by atoms with Crippen LogP contribution in [0.5, 0.6) is 0 Å². The fourth-order valence-electron chi connectivity index (χ4n) is 3.00. The standard InChI is InChI=1S/C16H23N3O2/c1-11(17-2)12-3-5-13(6-4-12)18-16(20)19-9-14-7-8-15(10-19)21-14/h3-6,11,14-15,17H,7-10H2,1-2H3,(H,18,20). The number of ether oxygens (including phenoxy) is 1. The summed E-state index contributed by atoms with van der Waals surface area (Å²) in [6.07, 6.45) is 2.61. The Labute approximate surface area is 125 Å². The van der Waals surface area contributed by atoms with Crippen LogP contribution in [-0.2, 0) is 4.74 Å². The minimum absolute atomic E-state index is 0.0235. The van der Waals surface area contributed by atoms with Crippen molar-refractivity contribution >= 4 is 11.7 Å². The minimum Gasteiger partial charge on any atom is -0.371 e. The summed E-state index contributed by atoms with van der Waals surface area (Å²) in [5.41, 5.74) is 2.05. The van der Waals surface area contributed by atoms with Crippen LogP contribution < -0.4 is 10.6 Å². The van der Waals surface area contributed by atoms with E-state index < -0.39 is 0 Å². The second-order valence-corrected chi connectivity index (χ2v) is 5.92. The van der Waals surface area contributed by atoms with Gasteiger partial charge in [-0.05, 0) is 44.5 Å². The molecule has 2 saturated heterocycles. The van der Waals surface area contributed by atoms with E-state index >= 15 is 0 Å². The number of hydrogen-bond donors (Lipinski definition) is 2. The highest BCUT2D eigenvalue weighted by Gasteiger charge is 2.35. The Morgan fingerprint density at radius 3 is 2.43 bits per heavy atom. The molecule has 2 N–H and O–H groups in total. The van der Waals surface area contributed by atoms with Gasteiger partial charge in [0.2, 0.25) is 0 Å². The maximum Gasteiger partial charge on any atom is 0.322 e. The highest BCUT2D eigenvalue weighted by atomic mass is 16.5. The van der Waals surface area contributed by atoms with Crippen molar-refractivity contribution in [3.63, 3.8) is 0 Å². The number of carbonyl (C=O) groups excluding carboxylic acids is 1. The summed E-state index contributed by atoms with van der Waals surface area (Å²) < 4.78 is 5.75. The van der Waals surface area contributed by atoms with Crippen LogP contribution in [0, 0.1) is 0 Å². The number of nitrogens with one attached hydrogen (secondary N) is 2. The van der Waals surface area contributed by atoms with E-state index in [1.807, 2.05) is 36.2 Å². The Bertz CT molecular complexity index is 491. The number of rotatable bonds is 3. The molecule has 3 rings (SSSR count). The van der Waals surface area contributed by atoms with Gasteiger partial charge in [0.25, 0.3) is 0 Å². The first-order valence-corrected chi connectivity index (χ1v) is 7.64. The molecule has 5 heteroatoms. The van der Waals surface area contributed by atoms with Gasteiger partial charge < -0.3 is 20.3 Å². The third-order valence-electron chi connectivity index (χ3n) is 4.43. The van der Waals surface area contributed by atoms with Gasteiger partial charge in [0.15, 0.2) is 0 Å². The summed E-state index contributed by atoms with van der Waals surface area (Å²) in [4.78, 5) is 14.2. The van der Waals surface area contributed by atoms with Crippen LogP contribution in [0.15, 0.2) is 24.3 Å². The van der Waals surface area contributed by atoms with E-state index in [1.165, 1.54) is 5.56 Å². The summed E-state index contributed by atoms with van der Waals surface area (Å²) in [6.45, 7) is 3.52. The summed E-state index contributed by atoms with van der Waals surface area (Å²) in [5.74, 6) is 0. The number of hydrogen-bond acceptors (Lipinski definition) is 3. The summed E-state index contributed by atoms with van der Waals surface area (Å²) in [7, 11) is 1.94. The van der Waals surface area contributed by atoms with Crippen molar-refractivity contribution in [2.75, 3.05) is 25.5 Å². The van der Waals surface area contributed by atoms with Crippen molar-refractivity contribution in [1.82, 2.24) is 10.2 Å². The number of anilines is 1. The van der Waals surface area contributed by atoms with Gasteiger partial charge >= 0.3 is 6.03 Å². The van der Waals surface area contributed by atoms with Crippen LogP contribution >= 0.6 is 0 Å². The third kappa shape index (κ3) is 3.19. The number of morpholine rings is 1. The average Bonchev–Trinajstić information content (AvgIpc) is 2.85. The molecule has 2 aliphatic rings. The van der Waals surface area contributed by atoms with Crippen LogP contribution in [-0.4, -0.2) is 43.3 Å². The van der Waals surface area contributed by atoms with Crippen LogP contribution in [0.1, 0.15) is 31.4 Å². The van der Waals surface area contributed by atoms with Crippen molar-refractivity contribution in [2.45, 2.75) is 38.0 Å². The normalized spacial score (nSPS) is 25.7. The lowest BCUT2D eigenvalue weighted by Crippen LogP contribution is -2.47. The fourth-order valence-corrected chi connectivity index (χ4v) is 3.00. The predicted molar refractivity (Wildman–Crippen MR) is 82.4 cm³/mol. The van der Waals surface area contributed by atoms with Crippen molar-refractivity contribution in [1.29, 1.82) is 0 Å². The minimum atomic E-state index is -0.0235. The van der Waals surface area contributed by atoms with E-state index in [4.69, 9.17) is 4.74 Å². The van der Waals surface area contributed by atoms with E-state index in [0.29, 0.717) is 19.1 Å². The fraction of sp³-hybridized carbons (Fsp3) is 0.562. The smallest absolute Gasteiger partial charge is 0.322 e. The molecule has 1 aromatic rings. The van der Waals surface area contributed by atoms with Gasteiger partial charge in [-0.3, -0.25) is 0 Å². The van der Waals surface area contributed by atoms with Crippen LogP contribution in [0.2, 0.25) is 0 Å². The Kier molecular flexibility index (Phi) is 4.12. The van der Waals surface area contributed by atoms with Gasteiger partial charge in [0, 0.05) is 24.8 Å². The van der Waals surface area contributed by atoms with E-state index in [2.05, 4.69) is 17.6 Å². The molecule has 2 amide bonds. The Morgan fingerprint density at radius 2 is 1.86 bits per heavy atom. The number of amides is 2. The molecule has 0 saturated carbocycles. The van der Waals surface area contributed by atoms with Gasteiger partial charge in [-0.2, -0.15) is 0 Å². The molecule has 21 heavy (non-hydrogen) atoms. The molecule has 0 radical (unpaired) electrons. The van der Waals surface area contributed by atoms with E-state index in [-0.39, 0.29) is 18.2 Å². The van der Waals surface area contributed by atoms with Gasteiger partial charge in [0.1, 0.15) is 0 Å². The average molecular weight is 289 g/mol. The molecule has 5 nitrogen and oxygen atoms in total. The monoisotopic (exact) mass is 289 g/mol. The van der Waals surface area contributed by atoms with Gasteiger partial charge in [-0.1, -0.05) is 12.1 Å². The lowest BCUT2D eigenvalue weighted by molar-refractivity contribution is -0.0219. The quantitative estimate of drug-likeness (QED) is 0.898. The molecule has 2 fully saturated rings. The second kappa shape index (κ2) is 6.03. The van der Waals surface area contributed by atoms with Crippen molar-refractivity contribution < 1.29 is 9.53 Å². The lowest BCUT2D eigenvalue weighted by Gasteiger charge is -2.32.